The number of hydrogen-bond acceptors (Lipinski definition) is 12. The zero-order chi connectivity index (χ0) is 50.0. The maximum atomic E-state index is 13.8. The predicted molar refractivity (Wildman–Crippen MR) is 274 cm³/mol. The molecule has 0 saturated heterocycles. The van der Waals surface area contributed by atoms with Crippen molar-refractivity contribution in [2.75, 3.05) is 12.4 Å². The topological polar surface area (TPSA) is 179 Å². The van der Waals surface area contributed by atoms with Crippen LogP contribution < -0.4 is 16.0 Å². The molecule has 3 N–H and O–H groups in total. The molecule has 374 valence electrons. The third-order valence-corrected chi connectivity index (χ3v) is 14.0. The minimum absolute atomic E-state index is 0.0331. The first-order valence-corrected chi connectivity index (χ1v) is 29.7. The summed E-state index contributed by atoms with van der Waals surface area (Å²) in [6, 6.07) is 7.29. The number of hydrogen-bond donors (Lipinski definition) is 3. The highest BCUT2D eigenvalue weighted by molar-refractivity contribution is 8.13. The van der Waals surface area contributed by atoms with E-state index >= 15 is 0 Å². The molecule has 2 aromatic rings. The number of amides is 3. The zero-order valence-electron chi connectivity index (χ0n) is 42.2. The standard InChI is InChI=1S/C51H80N4O9S2Si/c1-12-15-17-18-20-25-44(57)65-31-22-21-24-39(34-43(56)62-30-32-67(9,10)11)63-49(60)45(36(4)5)55-46(58)40(14-3)52-47(59)42-35-66-48(53-42)41(54-50(61)64-51(6,7)8)33-38-28-26-37(27-29-38)23-19-16-13-2/h14,21,24,26-29,35-36,39,41,45H,12-13,15-20,22-23,25,30-34H2,1-11H3,(H,52,59)(H,54,61)(H,55,58)/b24-21+,40-14-/t39-,41-,45+/m1/s1. The van der Waals surface area contributed by atoms with Gasteiger partial charge >= 0.3 is 18.0 Å². The first-order valence-electron chi connectivity index (χ1n) is 24.1. The summed E-state index contributed by atoms with van der Waals surface area (Å²) in [6.45, 7) is 21.6. The van der Waals surface area contributed by atoms with E-state index in [1.165, 1.54) is 47.6 Å². The van der Waals surface area contributed by atoms with E-state index in [1.54, 1.807) is 59.1 Å². The number of aromatic nitrogens is 1. The molecule has 1 aromatic carbocycles. The van der Waals surface area contributed by atoms with E-state index in [2.05, 4.69) is 66.6 Å². The molecule has 2 rings (SSSR count). The largest absolute Gasteiger partial charge is 0.466 e. The smallest absolute Gasteiger partial charge is 0.408 e. The first kappa shape index (κ1) is 58.8. The van der Waals surface area contributed by atoms with Crippen LogP contribution in [0.5, 0.6) is 0 Å². The second-order valence-corrected chi connectivity index (χ2v) is 27.1. The van der Waals surface area contributed by atoms with Gasteiger partial charge in [-0.25, -0.2) is 14.6 Å². The van der Waals surface area contributed by atoms with Gasteiger partial charge in [0.25, 0.3) is 11.8 Å². The van der Waals surface area contributed by atoms with E-state index < -0.39 is 67.6 Å². The minimum atomic E-state index is -1.46. The molecule has 0 aliphatic carbocycles. The molecule has 0 unspecified atom stereocenters. The number of thiazole rings is 1. The minimum Gasteiger partial charge on any atom is -0.466 e. The molecular formula is C51H80N4O9S2Si. The summed E-state index contributed by atoms with van der Waals surface area (Å²) in [5.41, 5.74) is 1.40. The summed E-state index contributed by atoms with van der Waals surface area (Å²) in [5.74, 6) is -2.55. The molecule has 67 heavy (non-hydrogen) atoms. The number of benzene rings is 1. The Balaban J connectivity index is 2.18. The molecule has 13 nitrogen and oxygen atoms in total. The van der Waals surface area contributed by atoms with Gasteiger partial charge in [-0.1, -0.05) is 134 Å². The molecule has 0 aliphatic heterocycles. The average molecular weight is 985 g/mol. The van der Waals surface area contributed by atoms with Crippen LogP contribution in [-0.2, 0) is 46.2 Å². The van der Waals surface area contributed by atoms with E-state index in [-0.39, 0.29) is 29.5 Å². The Bertz CT molecular complexity index is 1920. The summed E-state index contributed by atoms with van der Waals surface area (Å²) in [4.78, 5) is 83.9. The highest BCUT2D eigenvalue weighted by atomic mass is 32.2. The molecule has 1 heterocycles. The molecule has 0 aliphatic rings. The fourth-order valence-electron chi connectivity index (χ4n) is 6.52. The molecule has 0 radical (unpaired) electrons. The lowest BCUT2D eigenvalue weighted by Crippen LogP contribution is -2.48. The summed E-state index contributed by atoms with van der Waals surface area (Å²) < 4.78 is 16.9. The number of aryl methyl sites for hydroxylation is 1. The van der Waals surface area contributed by atoms with Crippen molar-refractivity contribution in [1.82, 2.24) is 20.9 Å². The summed E-state index contributed by atoms with van der Waals surface area (Å²) in [5, 5.41) is 10.4. The van der Waals surface area contributed by atoms with Gasteiger partial charge in [0.05, 0.1) is 19.1 Å². The highest BCUT2D eigenvalue weighted by Gasteiger charge is 2.31. The van der Waals surface area contributed by atoms with Gasteiger partial charge in [0.15, 0.2) is 5.12 Å². The van der Waals surface area contributed by atoms with Gasteiger partial charge in [0, 0.05) is 25.6 Å². The number of rotatable bonds is 30. The van der Waals surface area contributed by atoms with Crippen LogP contribution in [0.15, 0.2) is 53.6 Å². The van der Waals surface area contributed by atoms with E-state index in [9.17, 15) is 28.8 Å². The van der Waals surface area contributed by atoms with Crippen LogP contribution in [-0.4, -0.2) is 78.1 Å². The maximum Gasteiger partial charge on any atom is 0.408 e. The van der Waals surface area contributed by atoms with Crippen LogP contribution >= 0.6 is 23.1 Å². The van der Waals surface area contributed by atoms with E-state index in [4.69, 9.17) is 14.2 Å². The molecule has 1 aromatic heterocycles. The van der Waals surface area contributed by atoms with Crippen LogP contribution in [0.1, 0.15) is 159 Å². The number of carbonyl (C=O) groups excluding carboxylic acids is 6. The number of alkyl carbamates (subject to hydrolysis) is 1. The van der Waals surface area contributed by atoms with Crippen molar-refractivity contribution < 1.29 is 43.0 Å². The predicted octanol–water partition coefficient (Wildman–Crippen LogP) is 11.2. The van der Waals surface area contributed by atoms with Gasteiger partial charge in [-0.05, 0) is 89.0 Å². The summed E-state index contributed by atoms with van der Waals surface area (Å²) in [6.07, 6.45) is 14.3. The lowest BCUT2D eigenvalue weighted by molar-refractivity contribution is -0.156. The van der Waals surface area contributed by atoms with Crippen LogP contribution in [0.2, 0.25) is 25.7 Å². The SMILES string of the molecule is C/C=C(\NC(=O)c1csc([C@@H](Cc2ccc(CCCCC)cc2)NC(=O)OC(C)(C)C)n1)C(=O)N[C@H](C(=O)O[C@H](/C=C/CCSC(=O)CCCCCCC)CC(=O)OCC[Si](C)(C)C)C(C)C. The molecule has 0 bridgehead atoms. The van der Waals surface area contributed by atoms with Gasteiger partial charge in [-0.3, -0.25) is 19.2 Å². The lowest BCUT2D eigenvalue weighted by Gasteiger charge is -2.24. The quantitative estimate of drug-likeness (QED) is 0.0169. The Morgan fingerprint density at radius 3 is 2.18 bits per heavy atom. The van der Waals surface area contributed by atoms with E-state index in [0.29, 0.717) is 30.0 Å². The lowest BCUT2D eigenvalue weighted by atomic mass is 10.0. The fraction of sp³-hybridized carbons (Fsp3) is 0.627. The number of ether oxygens (including phenoxy) is 3. The van der Waals surface area contributed by atoms with Gasteiger partial charge < -0.3 is 30.2 Å². The van der Waals surface area contributed by atoms with E-state index in [1.807, 2.05) is 12.1 Å². The Hall–Kier alpha value is -4.28. The number of nitrogens with one attached hydrogen (secondary N) is 3. The molecule has 16 heteroatoms. The van der Waals surface area contributed by atoms with Gasteiger partial charge in [0.2, 0.25) is 0 Å². The fourth-order valence-corrected chi connectivity index (χ4v) is 8.86. The number of unbranched alkanes of at least 4 members (excludes halogenated alkanes) is 6. The maximum absolute atomic E-state index is 13.8. The second-order valence-electron chi connectivity index (χ2n) is 19.4. The third-order valence-electron chi connectivity index (χ3n) is 10.4. The molecule has 0 spiro atoms. The third kappa shape index (κ3) is 25.6. The van der Waals surface area contributed by atoms with Crippen molar-refractivity contribution in [3.63, 3.8) is 0 Å². The second kappa shape index (κ2) is 31.0. The van der Waals surface area contributed by atoms with Crippen LogP contribution in [0, 0.1) is 5.92 Å². The molecular weight excluding hydrogens is 905 g/mol. The van der Waals surface area contributed by atoms with Crippen molar-refractivity contribution in [2.45, 2.75) is 188 Å². The molecule has 0 fully saturated rings. The average Bonchev–Trinajstić information content (AvgIpc) is 3.74. The van der Waals surface area contributed by atoms with Gasteiger partial charge in [-0.15, -0.1) is 11.3 Å². The highest BCUT2D eigenvalue weighted by Crippen LogP contribution is 2.25. The molecule has 0 saturated carbocycles. The van der Waals surface area contributed by atoms with Crippen molar-refractivity contribution >= 4 is 66.1 Å². The zero-order valence-corrected chi connectivity index (χ0v) is 44.8. The van der Waals surface area contributed by atoms with Crippen LogP contribution in [0.3, 0.4) is 0 Å². The normalized spacial score (nSPS) is 13.5. The number of esters is 2. The van der Waals surface area contributed by atoms with Gasteiger partial charge in [-0.2, -0.15) is 0 Å². The number of carbonyl (C=O) groups is 6. The number of allylic oxidation sites excluding steroid dienone is 2. The monoisotopic (exact) mass is 985 g/mol. The van der Waals surface area contributed by atoms with Crippen molar-refractivity contribution in [3.8, 4) is 0 Å². The number of thioether (sulfide) groups is 1. The summed E-state index contributed by atoms with van der Waals surface area (Å²) >= 11 is 2.47. The Labute approximate surface area is 410 Å². The van der Waals surface area contributed by atoms with E-state index in [0.717, 1.165) is 56.6 Å². The van der Waals surface area contributed by atoms with Crippen molar-refractivity contribution in [1.29, 1.82) is 0 Å². The Morgan fingerprint density at radius 1 is 0.896 bits per heavy atom. The van der Waals surface area contributed by atoms with Crippen LogP contribution in [0.25, 0.3) is 0 Å². The molecule has 3 atom stereocenters. The van der Waals surface area contributed by atoms with Gasteiger partial charge in [0.1, 0.15) is 34.1 Å². The Morgan fingerprint density at radius 2 is 1.55 bits per heavy atom. The number of nitrogens with zero attached hydrogens (tertiary/aromatic N) is 1. The van der Waals surface area contributed by atoms with Crippen LogP contribution in [0.4, 0.5) is 4.79 Å². The summed E-state index contributed by atoms with van der Waals surface area (Å²) in [7, 11) is -1.46. The Kier molecular flexibility index (Phi) is 27.2. The van der Waals surface area contributed by atoms with Crippen molar-refractivity contribution in [2.24, 2.45) is 5.92 Å². The molecule has 3 amide bonds. The van der Waals surface area contributed by atoms with Crippen molar-refractivity contribution in [3.05, 3.63) is 75.4 Å². The first-order chi connectivity index (χ1) is 31.6.